The van der Waals surface area contributed by atoms with E-state index in [-0.39, 0.29) is 12.2 Å². The van der Waals surface area contributed by atoms with Crippen molar-refractivity contribution in [3.63, 3.8) is 0 Å². The second kappa shape index (κ2) is 8.07. The molecule has 0 aliphatic carbocycles. The van der Waals surface area contributed by atoms with Crippen molar-refractivity contribution in [2.24, 2.45) is 0 Å². The highest BCUT2D eigenvalue weighted by Crippen LogP contribution is 2.34. The summed E-state index contributed by atoms with van der Waals surface area (Å²) in [7, 11) is 0. The first-order valence-corrected chi connectivity index (χ1v) is 9.81. The van der Waals surface area contributed by atoms with Crippen molar-refractivity contribution in [2.45, 2.75) is 26.2 Å². The highest BCUT2D eigenvalue weighted by atomic mass is 35.5. The summed E-state index contributed by atoms with van der Waals surface area (Å²) < 4.78 is 44.0. The lowest BCUT2D eigenvalue weighted by molar-refractivity contribution is -0.143. The van der Waals surface area contributed by atoms with Gasteiger partial charge in [0.2, 0.25) is 0 Å². The van der Waals surface area contributed by atoms with Crippen molar-refractivity contribution in [1.29, 1.82) is 0 Å². The van der Waals surface area contributed by atoms with E-state index in [4.69, 9.17) is 11.6 Å². The third-order valence-electron chi connectivity index (χ3n) is 4.81. The molecule has 0 atom stereocenters. The number of carbonyl (C=O) groups is 1. The maximum Gasteiger partial charge on any atom is 0.434 e. The Kier molecular flexibility index (Phi) is 5.45. The number of hydrogen-bond acceptors (Lipinski definition) is 3. The molecule has 160 valence electrons. The maximum absolute atomic E-state index is 13.8. The summed E-state index contributed by atoms with van der Waals surface area (Å²) in [5.74, 6) is -0.335. The highest BCUT2D eigenvalue weighted by molar-refractivity contribution is 6.30. The van der Waals surface area contributed by atoms with E-state index in [0.717, 1.165) is 17.2 Å². The molecule has 1 N–H and O–H groups in total. The Morgan fingerprint density at radius 3 is 2.52 bits per heavy atom. The summed E-state index contributed by atoms with van der Waals surface area (Å²) in [6.45, 7) is 2.51. The predicted molar refractivity (Wildman–Crippen MR) is 110 cm³/mol. The molecule has 31 heavy (non-hydrogen) atoms. The van der Waals surface area contributed by atoms with Gasteiger partial charge in [0.05, 0.1) is 35.0 Å². The number of aryl methyl sites for hydroxylation is 1. The molecule has 0 unspecified atom stereocenters. The number of rotatable bonds is 5. The first kappa shape index (κ1) is 20.9. The van der Waals surface area contributed by atoms with Gasteiger partial charge < -0.3 is 9.88 Å². The fourth-order valence-electron chi connectivity index (χ4n) is 3.43. The van der Waals surface area contributed by atoms with Crippen molar-refractivity contribution in [2.75, 3.05) is 0 Å². The van der Waals surface area contributed by atoms with Crippen molar-refractivity contribution >= 4 is 28.5 Å². The van der Waals surface area contributed by atoms with E-state index in [0.29, 0.717) is 22.1 Å². The molecule has 6 nitrogen and oxygen atoms in total. The Hall–Kier alpha value is -3.33. The van der Waals surface area contributed by atoms with Crippen molar-refractivity contribution in [1.82, 2.24) is 24.6 Å². The quantitative estimate of drug-likeness (QED) is 0.476. The number of para-hydroxylation sites is 2. The van der Waals surface area contributed by atoms with E-state index in [2.05, 4.69) is 15.4 Å². The molecule has 1 amide bonds. The van der Waals surface area contributed by atoms with Crippen LogP contribution in [0.5, 0.6) is 0 Å². The number of fused-ring (bicyclic) bond motifs is 1. The Balaban J connectivity index is 1.64. The van der Waals surface area contributed by atoms with E-state index in [1.807, 2.05) is 35.8 Å². The van der Waals surface area contributed by atoms with Crippen LogP contribution in [0.2, 0.25) is 5.02 Å². The molecular formula is C21H17ClF3N5O. The molecule has 2 aromatic carbocycles. The minimum absolute atomic E-state index is 0.0230. The molecule has 10 heteroatoms. The number of halogens is 4. The second-order valence-electron chi connectivity index (χ2n) is 6.74. The van der Waals surface area contributed by atoms with Gasteiger partial charge in [0.15, 0.2) is 5.69 Å². The number of aromatic nitrogens is 4. The zero-order valence-electron chi connectivity index (χ0n) is 16.3. The molecule has 0 bridgehead atoms. The van der Waals surface area contributed by atoms with Crippen molar-refractivity contribution in [3.8, 4) is 5.69 Å². The molecule has 2 heterocycles. The van der Waals surface area contributed by atoms with Crippen LogP contribution in [0.1, 0.15) is 28.8 Å². The molecule has 0 saturated heterocycles. The lowest BCUT2D eigenvalue weighted by Crippen LogP contribution is -2.27. The van der Waals surface area contributed by atoms with Crippen LogP contribution in [0.3, 0.4) is 0 Å². The number of benzene rings is 2. The number of nitrogens with zero attached hydrogens (tertiary/aromatic N) is 4. The summed E-state index contributed by atoms with van der Waals surface area (Å²) in [6.07, 6.45) is -3.88. The average molecular weight is 448 g/mol. The highest BCUT2D eigenvalue weighted by Gasteiger charge is 2.40. The van der Waals surface area contributed by atoms with Gasteiger partial charge in [-0.3, -0.25) is 4.79 Å². The fraction of sp³-hybridized carbons (Fsp3) is 0.190. The Bertz CT molecular complexity index is 1240. The van der Waals surface area contributed by atoms with Gasteiger partial charge in [0.1, 0.15) is 5.82 Å². The SMILES string of the molecule is CCn1c(CNC(=O)c2cnn(-c3ccc(Cl)cc3)c2C(F)(F)F)nc2ccccc21. The summed E-state index contributed by atoms with van der Waals surface area (Å²) in [6, 6.07) is 13.2. The third kappa shape index (κ3) is 4.00. The smallest absolute Gasteiger partial charge is 0.345 e. The Morgan fingerprint density at radius 2 is 1.84 bits per heavy atom. The first-order chi connectivity index (χ1) is 14.8. The van der Waals surface area contributed by atoms with Crippen LogP contribution in [0.25, 0.3) is 16.7 Å². The molecule has 0 fully saturated rings. The van der Waals surface area contributed by atoms with E-state index in [9.17, 15) is 18.0 Å². The minimum Gasteiger partial charge on any atom is -0.345 e. The molecular weight excluding hydrogens is 431 g/mol. The van der Waals surface area contributed by atoms with Crippen LogP contribution in [0, 0.1) is 0 Å². The fourth-order valence-corrected chi connectivity index (χ4v) is 3.56. The number of hydrogen-bond donors (Lipinski definition) is 1. The molecule has 2 aromatic heterocycles. The average Bonchev–Trinajstić information content (AvgIpc) is 3.34. The molecule has 0 saturated carbocycles. The van der Waals surface area contributed by atoms with Crippen molar-refractivity contribution in [3.05, 3.63) is 76.8 Å². The molecule has 4 rings (SSSR count). The standard InChI is InChI=1S/C21H17ClF3N5O/c1-2-29-17-6-4-3-5-16(17)28-18(29)12-26-20(31)15-11-27-30(19(15)21(23,24)25)14-9-7-13(22)8-10-14/h3-11H,2,12H2,1H3,(H,26,31). The van der Waals surface area contributed by atoms with Crippen molar-refractivity contribution < 1.29 is 18.0 Å². The monoisotopic (exact) mass is 447 g/mol. The van der Waals surface area contributed by atoms with Crippen LogP contribution in [-0.2, 0) is 19.3 Å². The van der Waals surface area contributed by atoms with Gasteiger partial charge in [-0.05, 0) is 43.3 Å². The molecule has 0 radical (unpaired) electrons. The largest absolute Gasteiger partial charge is 0.434 e. The number of carbonyl (C=O) groups excluding carboxylic acids is 1. The van der Waals surface area contributed by atoms with E-state index >= 15 is 0 Å². The lowest BCUT2D eigenvalue weighted by Gasteiger charge is -2.13. The molecule has 0 aliphatic heterocycles. The van der Waals surface area contributed by atoms with Gasteiger partial charge in [-0.15, -0.1) is 0 Å². The molecule has 0 aliphatic rings. The van der Waals surface area contributed by atoms with Crippen LogP contribution in [0.4, 0.5) is 13.2 Å². The Morgan fingerprint density at radius 1 is 1.13 bits per heavy atom. The lowest BCUT2D eigenvalue weighted by atomic mass is 10.2. The third-order valence-corrected chi connectivity index (χ3v) is 5.06. The number of imidazole rings is 1. The van der Waals surface area contributed by atoms with Gasteiger partial charge >= 0.3 is 6.18 Å². The van der Waals surface area contributed by atoms with Gasteiger partial charge in [-0.2, -0.15) is 18.3 Å². The second-order valence-corrected chi connectivity index (χ2v) is 7.17. The number of alkyl halides is 3. The summed E-state index contributed by atoms with van der Waals surface area (Å²) in [4.78, 5) is 17.2. The van der Waals surface area contributed by atoms with Gasteiger partial charge in [0.25, 0.3) is 5.91 Å². The summed E-state index contributed by atoms with van der Waals surface area (Å²) in [5.41, 5.74) is 0.0578. The number of nitrogens with one attached hydrogen (secondary N) is 1. The summed E-state index contributed by atoms with van der Waals surface area (Å²) in [5, 5.41) is 6.72. The van der Waals surface area contributed by atoms with E-state index < -0.39 is 23.3 Å². The maximum atomic E-state index is 13.8. The van der Waals surface area contributed by atoms with E-state index in [1.54, 1.807) is 0 Å². The molecule has 4 aromatic rings. The summed E-state index contributed by atoms with van der Waals surface area (Å²) >= 11 is 5.81. The topological polar surface area (TPSA) is 64.7 Å². The van der Waals surface area contributed by atoms with Gasteiger partial charge in [-0.1, -0.05) is 23.7 Å². The zero-order valence-corrected chi connectivity index (χ0v) is 17.1. The van der Waals surface area contributed by atoms with Crippen LogP contribution < -0.4 is 5.32 Å². The van der Waals surface area contributed by atoms with Crippen LogP contribution in [-0.4, -0.2) is 25.2 Å². The molecule has 0 spiro atoms. The normalized spacial score (nSPS) is 11.8. The first-order valence-electron chi connectivity index (χ1n) is 9.43. The number of amides is 1. The van der Waals surface area contributed by atoms with E-state index in [1.165, 1.54) is 24.3 Å². The predicted octanol–water partition coefficient (Wildman–Crippen LogP) is 4.84. The van der Waals surface area contributed by atoms with Crippen LogP contribution in [0.15, 0.2) is 54.7 Å². The van der Waals surface area contributed by atoms with Gasteiger partial charge in [0, 0.05) is 11.6 Å². The van der Waals surface area contributed by atoms with Crippen LogP contribution >= 0.6 is 11.6 Å². The minimum atomic E-state index is -4.79. The zero-order chi connectivity index (χ0) is 22.2. The Labute approximate surface area is 180 Å². The van der Waals surface area contributed by atoms with Gasteiger partial charge in [-0.25, -0.2) is 9.67 Å².